The highest BCUT2D eigenvalue weighted by atomic mass is 16.3. The second-order valence-electron chi connectivity index (χ2n) is 4.80. The van der Waals surface area contributed by atoms with Crippen molar-refractivity contribution in [2.45, 2.75) is 32.8 Å². The van der Waals surface area contributed by atoms with E-state index in [4.69, 9.17) is 0 Å². The van der Waals surface area contributed by atoms with Crippen LogP contribution in [0.3, 0.4) is 0 Å². The molecular weight excluding hydrogens is 164 g/mol. The molecule has 0 fully saturated rings. The van der Waals surface area contributed by atoms with Gasteiger partial charge < -0.3 is 5.11 Å². The Balaban J connectivity index is 2.74. The molecule has 1 aliphatic rings. The van der Waals surface area contributed by atoms with Gasteiger partial charge in [-0.15, -0.1) is 0 Å². The Morgan fingerprint density at radius 3 is 2.15 bits per heavy atom. The Hall–Kier alpha value is -0.890. The van der Waals surface area contributed by atoms with Crippen LogP contribution in [0.5, 0.6) is 0 Å². The van der Waals surface area contributed by atoms with Crippen molar-refractivity contribution in [3.05, 3.63) is 24.3 Å². The highest BCUT2D eigenvalue weighted by molar-refractivity contribution is 6.00. The predicted octanol–water partition coefficient (Wildman–Crippen LogP) is 1.85. The van der Waals surface area contributed by atoms with E-state index in [-0.39, 0.29) is 11.2 Å². The molecule has 1 rings (SSSR count). The van der Waals surface area contributed by atoms with Gasteiger partial charge in [-0.3, -0.25) is 4.79 Å². The van der Waals surface area contributed by atoms with Crippen LogP contribution in [0, 0.1) is 5.41 Å². The fraction of sp³-hybridized carbons (Fsp3) is 0.545. The van der Waals surface area contributed by atoms with Crippen molar-refractivity contribution in [3.8, 4) is 0 Å². The largest absolute Gasteiger partial charge is 0.382 e. The highest BCUT2D eigenvalue weighted by Crippen LogP contribution is 2.30. The van der Waals surface area contributed by atoms with Gasteiger partial charge >= 0.3 is 0 Å². The molecule has 0 saturated heterocycles. The number of hydrogen-bond acceptors (Lipinski definition) is 2. The molecule has 2 heteroatoms. The monoisotopic (exact) mass is 180 g/mol. The van der Waals surface area contributed by atoms with Gasteiger partial charge in [0.25, 0.3) is 0 Å². The van der Waals surface area contributed by atoms with Crippen molar-refractivity contribution >= 4 is 5.78 Å². The number of carbonyl (C=O) groups excluding carboxylic acids is 1. The van der Waals surface area contributed by atoms with Crippen molar-refractivity contribution in [2.24, 2.45) is 5.41 Å². The number of aliphatic hydroxyl groups is 1. The summed E-state index contributed by atoms with van der Waals surface area (Å²) >= 11 is 0. The molecule has 0 spiro atoms. The van der Waals surface area contributed by atoms with E-state index in [2.05, 4.69) is 20.8 Å². The van der Waals surface area contributed by atoms with Gasteiger partial charge in [-0.1, -0.05) is 20.8 Å². The number of hydrogen-bond donors (Lipinski definition) is 1. The summed E-state index contributed by atoms with van der Waals surface area (Å²) in [6.07, 6.45) is 6.61. The molecule has 0 amide bonds. The van der Waals surface area contributed by atoms with Gasteiger partial charge in [-0.2, -0.15) is 0 Å². The zero-order chi connectivity index (χ0) is 10.1. The zero-order valence-corrected chi connectivity index (χ0v) is 8.37. The Kier molecular flexibility index (Phi) is 2.44. The minimum Gasteiger partial charge on any atom is -0.382 e. The zero-order valence-electron chi connectivity index (χ0n) is 8.37. The molecule has 0 radical (unpaired) electrons. The molecule has 72 valence electrons. The van der Waals surface area contributed by atoms with Gasteiger partial charge in [0, 0.05) is 0 Å². The average Bonchev–Trinajstić information content (AvgIpc) is 1.92. The van der Waals surface area contributed by atoms with Gasteiger partial charge in [0.05, 0.1) is 0 Å². The fourth-order valence-corrected chi connectivity index (χ4v) is 1.53. The molecular formula is C11H16O2. The molecule has 0 aromatic rings. The lowest BCUT2D eigenvalue weighted by molar-refractivity contribution is -0.110. The van der Waals surface area contributed by atoms with Gasteiger partial charge in [-0.25, -0.2) is 0 Å². The first kappa shape index (κ1) is 10.2. The third kappa shape index (κ3) is 3.15. The minimum atomic E-state index is -0.938. The maximum Gasteiger partial charge on any atom is 0.178 e. The molecule has 0 bridgehead atoms. The van der Waals surface area contributed by atoms with Crippen molar-refractivity contribution in [2.75, 3.05) is 0 Å². The van der Waals surface area contributed by atoms with Gasteiger partial charge in [0.2, 0.25) is 0 Å². The highest BCUT2D eigenvalue weighted by Gasteiger charge is 2.28. The molecule has 0 saturated carbocycles. The molecule has 0 aromatic heterocycles. The third-order valence-electron chi connectivity index (χ3n) is 1.89. The predicted molar refractivity (Wildman–Crippen MR) is 52.3 cm³/mol. The maximum absolute atomic E-state index is 10.8. The molecule has 1 aliphatic carbocycles. The van der Waals surface area contributed by atoms with E-state index in [0.29, 0.717) is 6.42 Å². The van der Waals surface area contributed by atoms with Crippen molar-refractivity contribution in [1.29, 1.82) is 0 Å². The van der Waals surface area contributed by atoms with Crippen LogP contribution < -0.4 is 0 Å². The standard InChI is InChI=1S/C11H16O2/c1-10(2,3)8-11(13)6-4-9(12)5-7-11/h4-7,13H,8H2,1-3H3. The number of carbonyl (C=O) groups is 1. The Morgan fingerprint density at radius 1 is 1.31 bits per heavy atom. The van der Waals surface area contributed by atoms with Crippen LogP contribution in [-0.4, -0.2) is 16.5 Å². The number of ketones is 1. The SMILES string of the molecule is CC(C)(C)CC1(O)C=CC(=O)C=C1. The van der Waals surface area contributed by atoms with Gasteiger partial charge in [0.1, 0.15) is 5.60 Å². The Morgan fingerprint density at radius 2 is 1.77 bits per heavy atom. The van der Waals surface area contributed by atoms with Crippen LogP contribution in [0.25, 0.3) is 0 Å². The Bertz CT molecular complexity index is 250. The van der Waals surface area contributed by atoms with E-state index in [1.807, 2.05) is 0 Å². The van der Waals surface area contributed by atoms with E-state index in [9.17, 15) is 9.90 Å². The fourth-order valence-electron chi connectivity index (χ4n) is 1.53. The topological polar surface area (TPSA) is 37.3 Å². The molecule has 0 heterocycles. The number of allylic oxidation sites excluding steroid dienone is 2. The summed E-state index contributed by atoms with van der Waals surface area (Å²) in [6.45, 7) is 6.18. The molecule has 0 aromatic carbocycles. The second kappa shape index (κ2) is 3.11. The lowest BCUT2D eigenvalue weighted by Gasteiger charge is -2.30. The van der Waals surface area contributed by atoms with Crippen LogP contribution in [0.1, 0.15) is 27.2 Å². The van der Waals surface area contributed by atoms with E-state index in [1.165, 1.54) is 12.2 Å². The van der Waals surface area contributed by atoms with Crippen molar-refractivity contribution in [1.82, 2.24) is 0 Å². The second-order valence-corrected chi connectivity index (χ2v) is 4.80. The molecule has 0 aliphatic heterocycles. The first-order chi connectivity index (χ1) is 5.81. The van der Waals surface area contributed by atoms with Crippen molar-refractivity contribution < 1.29 is 9.90 Å². The van der Waals surface area contributed by atoms with Crippen LogP contribution in [-0.2, 0) is 4.79 Å². The lowest BCUT2D eigenvalue weighted by Crippen LogP contribution is -2.31. The molecule has 13 heavy (non-hydrogen) atoms. The summed E-state index contributed by atoms with van der Waals surface area (Å²) in [5, 5.41) is 10.00. The van der Waals surface area contributed by atoms with Crippen LogP contribution in [0.15, 0.2) is 24.3 Å². The van der Waals surface area contributed by atoms with E-state index in [1.54, 1.807) is 12.2 Å². The summed E-state index contributed by atoms with van der Waals surface area (Å²) in [6, 6.07) is 0. The van der Waals surface area contributed by atoms with E-state index in [0.717, 1.165) is 0 Å². The van der Waals surface area contributed by atoms with E-state index >= 15 is 0 Å². The van der Waals surface area contributed by atoms with Crippen molar-refractivity contribution in [3.63, 3.8) is 0 Å². The average molecular weight is 180 g/mol. The van der Waals surface area contributed by atoms with Crippen LogP contribution in [0.2, 0.25) is 0 Å². The summed E-state index contributed by atoms with van der Waals surface area (Å²) in [7, 11) is 0. The quantitative estimate of drug-likeness (QED) is 0.668. The Labute approximate surface area is 79.0 Å². The van der Waals surface area contributed by atoms with Gasteiger partial charge in [-0.05, 0) is 36.1 Å². The third-order valence-corrected chi connectivity index (χ3v) is 1.89. The molecule has 1 N–H and O–H groups in total. The summed E-state index contributed by atoms with van der Waals surface area (Å²) in [4.78, 5) is 10.8. The van der Waals surface area contributed by atoms with Crippen LogP contribution >= 0.6 is 0 Å². The summed E-state index contributed by atoms with van der Waals surface area (Å²) < 4.78 is 0. The molecule has 0 atom stereocenters. The molecule has 0 unspecified atom stereocenters. The summed E-state index contributed by atoms with van der Waals surface area (Å²) in [5.74, 6) is -0.0569. The van der Waals surface area contributed by atoms with Gasteiger partial charge in [0.15, 0.2) is 5.78 Å². The van der Waals surface area contributed by atoms with Crippen LogP contribution in [0.4, 0.5) is 0 Å². The maximum atomic E-state index is 10.8. The first-order valence-corrected chi connectivity index (χ1v) is 4.46. The number of rotatable bonds is 1. The lowest BCUT2D eigenvalue weighted by atomic mass is 9.80. The smallest absolute Gasteiger partial charge is 0.178 e. The minimum absolute atomic E-state index is 0.0455. The summed E-state index contributed by atoms with van der Waals surface area (Å²) in [5.41, 5.74) is -0.893. The first-order valence-electron chi connectivity index (χ1n) is 4.46. The molecule has 2 nitrogen and oxygen atoms in total. The van der Waals surface area contributed by atoms with E-state index < -0.39 is 5.60 Å². The normalized spacial score (nSPS) is 20.8.